The summed E-state index contributed by atoms with van der Waals surface area (Å²) in [5, 5.41) is 21.6. The van der Waals surface area contributed by atoms with Crippen LogP contribution < -0.4 is 10.6 Å². The summed E-state index contributed by atoms with van der Waals surface area (Å²) >= 11 is 6.32. The number of nitrogens with zero attached hydrogens (tertiary/aromatic N) is 2. The Morgan fingerprint density at radius 2 is 2.03 bits per heavy atom. The van der Waals surface area contributed by atoms with E-state index in [1.807, 2.05) is 23.7 Å². The summed E-state index contributed by atoms with van der Waals surface area (Å²) in [7, 11) is 0. The predicted octanol–water partition coefficient (Wildman–Crippen LogP) is 3.39. The second kappa shape index (κ2) is 9.01. The van der Waals surface area contributed by atoms with Crippen molar-refractivity contribution in [3.63, 3.8) is 0 Å². The Morgan fingerprint density at radius 1 is 1.29 bits per heavy atom. The molecule has 1 atom stereocenters. The topological polar surface area (TPSA) is 96.2 Å². The van der Waals surface area contributed by atoms with Crippen molar-refractivity contribution < 1.29 is 14.7 Å². The van der Waals surface area contributed by atoms with Gasteiger partial charge < -0.3 is 15.7 Å². The maximum Gasteiger partial charge on any atom is 0.252 e. The molecule has 1 unspecified atom stereocenters. The Hall–Kier alpha value is -2.38. The number of rotatable bonds is 5. The number of nitrogens with one attached hydrogen (secondary N) is 2. The summed E-state index contributed by atoms with van der Waals surface area (Å²) in [4.78, 5) is 24.4. The van der Waals surface area contributed by atoms with Crippen molar-refractivity contribution >= 4 is 23.4 Å². The summed E-state index contributed by atoms with van der Waals surface area (Å²) < 4.78 is 1.86. The smallest absolute Gasteiger partial charge is 0.252 e. The Morgan fingerprint density at radius 3 is 2.71 bits per heavy atom. The highest BCUT2D eigenvalue weighted by Gasteiger charge is 2.29. The van der Waals surface area contributed by atoms with Gasteiger partial charge in [-0.05, 0) is 38.0 Å². The number of aliphatic hydroxyl groups is 1. The number of halogens is 1. The molecule has 1 aromatic carbocycles. The number of carbonyl (C=O) groups is 2. The highest BCUT2D eigenvalue weighted by Crippen LogP contribution is 2.29. The first kappa shape index (κ1) is 21.8. The van der Waals surface area contributed by atoms with E-state index >= 15 is 0 Å². The zero-order valence-electron chi connectivity index (χ0n) is 17.8. The normalized spacial score (nSPS) is 20.9. The minimum absolute atomic E-state index is 0.00311. The molecule has 3 N–H and O–H groups in total. The Labute approximate surface area is 187 Å². The van der Waals surface area contributed by atoms with E-state index < -0.39 is 5.60 Å². The average molecular weight is 445 g/mol. The van der Waals surface area contributed by atoms with Crippen molar-refractivity contribution in [3.05, 3.63) is 40.5 Å². The SMILES string of the molecule is Cc1cc(-c2ccc(Cl)c(C(=O)NCC3(O)CCCCCC3)c2)nn1C1CNC(=O)C1. The Balaban J connectivity index is 1.50. The van der Waals surface area contributed by atoms with Crippen LogP contribution in [0.5, 0.6) is 0 Å². The largest absolute Gasteiger partial charge is 0.388 e. The van der Waals surface area contributed by atoms with E-state index in [9.17, 15) is 14.7 Å². The summed E-state index contributed by atoms with van der Waals surface area (Å²) in [6.07, 6.45) is 6.04. The lowest BCUT2D eigenvalue weighted by Crippen LogP contribution is -2.42. The van der Waals surface area contributed by atoms with Crippen molar-refractivity contribution in [2.75, 3.05) is 13.1 Å². The van der Waals surface area contributed by atoms with Gasteiger partial charge in [-0.2, -0.15) is 5.10 Å². The van der Waals surface area contributed by atoms with Gasteiger partial charge in [0.2, 0.25) is 5.91 Å². The molecule has 1 aliphatic heterocycles. The van der Waals surface area contributed by atoms with Crippen molar-refractivity contribution in [1.29, 1.82) is 0 Å². The maximum atomic E-state index is 12.9. The van der Waals surface area contributed by atoms with Crippen molar-refractivity contribution in [2.45, 2.75) is 63.5 Å². The highest BCUT2D eigenvalue weighted by molar-refractivity contribution is 6.34. The van der Waals surface area contributed by atoms with Gasteiger partial charge in [0.15, 0.2) is 0 Å². The van der Waals surface area contributed by atoms with Gasteiger partial charge in [-0.25, -0.2) is 0 Å². The van der Waals surface area contributed by atoms with Crippen LogP contribution in [0, 0.1) is 6.92 Å². The maximum absolute atomic E-state index is 12.9. The monoisotopic (exact) mass is 444 g/mol. The number of benzene rings is 1. The van der Waals surface area contributed by atoms with Crippen LogP contribution in [0.3, 0.4) is 0 Å². The summed E-state index contributed by atoms with van der Waals surface area (Å²) in [5.41, 5.74) is 1.97. The van der Waals surface area contributed by atoms with E-state index in [0.717, 1.165) is 42.6 Å². The van der Waals surface area contributed by atoms with Gasteiger partial charge in [0.25, 0.3) is 5.91 Å². The average Bonchev–Trinajstić information content (AvgIpc) is 3.27. The van der Waals surface area contributed by atoms with Crippen LogP contribution in [0.25, 0.3) is 11.3 Å². The number of hydrogen-bond donors (Lipinski definition) is 3. The van der Waals surface area contributed by atoms with Gasteiger partial charge in [0.1, 0.15) is 0 Å². The van der Waals surface area contributed by atoms with Gasteiger partial charge in [0.05, 0.1) is 34.3 Å². The van der Waals surface area contributed by atoms with Crippen molar-refractivity contribution in [3.8, 4) is 11.3 Å². The molecule has 0 radical (unpaired) electrons. The molecule has 166 valence electrons. The number of amides is 2. The van der Waals surface area contributed by atoms with Crippen molar-refractivity contribution in [1.82, 2.24) is 20.4 Å². The number of carbonyl (C=O) groups excluding carboxylic acids is 2. The first-order chi connectivity index (χ1) is 14.8. The summed E-state index contributed by atoms with van der Waals surface area (Å²) in [6, 6.07) is 7.21. The van der Waals surface area contributed by atoms with Crippen LogP contribution in [0.4, 0.5) is 0 Å². The third-order valence-electron chi connectivity index (χ3n) is 6.34. The fourth-order valence-corrected chi connectivity index (χ4v) is 4.73. The number of aryl methyl sites for hydroxylation is 1. The van der Waals surface area contributed by atoms with E-state index in [2.05, 4.69) is 15.7 Å². The van der Waals surface area contributed by atoms with Crippen LogP contribution in [-0.4, -0.2) is 45.4 Å². The first-order valence-corrected chi connectivity index (χ1v) is 11.4. The molecule has 4 rings (SSSR count). The standard InChI is InChI=1S/C23H29ClN4O3/c1-15-10-20(27-28(15)17-12-21(29)25-13-17)16-6-7-19(24)18(11-16)22(30)26-14-23(31)8-4-2-3-5-9-23/h6-7,10-11,17,31H,2-5,8-9,12-14H2,1H3,(H,25,29)(H,26,30). The zero-order chi connectivity index (χ0) is 22.0. The van der Waals surface area contributed by atoms with E-state index in [4.69, 9.17) is 11.6 Å². The van der Waals surface area contributed by atoms with Gasteiger partial charge in [0, 0.05) is 24.3 Å². The molecule has 0 spiro atoms. The molecular formula is C23H29ClN4O3. The van der Waals surface area contributed by atoms with Crippen LogP contribution in [-0.2, 0) is 4.79 Å². The second-order valence-corrected chi connectivity index (χ2v) is 9.20. The number of aromatic nitrogens is 2. The molecule has 2 aromatic rings. The van der Waals surface area contributed by atoms with Crippen LogP contribution >= 0.6 is 11.6 Å². The molecule has 2 heterocycles. The molecular weight excluding hydrogens is 416 g/mol. The molecule has 31 heavy (non-hydrogen) atoms. The third kappa shape index (κ3) is 4.93. The molecule has 0 bridgehead atoms. The molecule has 7 nitrogen and oxygen atoms in total. The molecule has 8 heteroatoms. The van der Waals surface area contributed by atoms with Gasteiger partial charge in [-0.1, -0.05) is 43.4 Å². The van der Waals surface area contributed by atoms with E-state index in [1.54, 1.807) is 12.1 Å². The van der Waals surface area contributed by atoms with Gasteiger partial charge in [-0.3, -0.25) is 14.3 Å². The fourth-order valence-electron chi connectivity index (χ4n) is 4.52. The van der Waals surface area contributed by atoms with Crippen LogP contribution in [0.1, 0.15) is 67.0 Å². The zero-order valence-corrected chi connectivity index (χ0v) is 18.5. The van der Waals surface area contributed by atoms with Crippen LogP contribution in [0.15, 0.2) is 24.3 Å². The van der Waals surface area contributed by atoms with E-state index in [1.165, 1.54) is 0 Å². The predicted molar refractivity (Wildman–Crippen MR) is 119 cm³/mol. The summed E-state index contributed by atoms with van der Waals surface area (Å²) in [6.45, 7) is 2.75. The van der Waals surface area contributed by atoms with Crippen molar-refractivity contribution in [2.24, 2.45) is 0 Å². The molecule has 1 saturated carbocycles. The minimum atomic E-state index is -0.848. The Bertz CT molecular complexity index is 979. The molecule has 2 fully saturated rings. The molecule has 2 aliphatic rings. The second-order valence-electron chi connectivity index (χ2n) is 8.79. The lowest BCUT2D eigenvalue weighted by Gasteiger charge is -2.26. The third-order valence-corrected chi connectivity index (χ3v) is 6.67. The molecule has 1 aromatic heterocycles. The van der Waals surface area contributed by atoms with Gasteiger partial charge >= 0.3 is 0 Å². The van der Waals surface area contributed by atoms with Crippen LogP contribution in [0.2, 0.25) is 5.02 Å². The summed E-state index contributed by atoms with van der Waals surface area (Å²) in [5.74, 6) is -0.270. The van der Waals surface area contributed by atoms with Gasteiger partial charge in [-0.15, -0.1) is 0 Å². The lowest BCUT2D eigenvalue weighted by molar-refractivity contribution is -0.119. The van der Waals surface area contributed by atoms with E-state index in [0.29, 0.717) is 36.4 Å². The quantitative estimate of drug-likeness (QED) is 0.616. The Kier molecular flexibility index (Phi) is 6.34. The lowest BCUT2D eigenvalue weighted by atomic mass is 9.94. The fraction of sp³-hybridized carbons (Fsp3) is 0.522. The minimum Gasteiger partial charge on any atom is -0.388 e. The van der Waals surface area contributed by atoms with E-state index in [-0.39, 0.29) is 24.4 Å². The molecule has 1 aliphatic carbocycles. The molecule has 1 saturated heterocycles. The highest BCUT2D eigenvalue weighted by atomic mass is 35.5. The first-order valence-electron chi connectivity index (χ1n) is 11.0. The number of hydrogen-bond acceptors (Lipinski definition) is 4. The molecule has 2 amide bonds.